The van der Waals surface area contributed by atoms with Gasteiger partial charge in [0.25, 0.3) is 5.91 Å². The number of aryl methyl sites for hydroxylation is 1. The molecule has 1 amide bonds. The number of nitrogens with one attached hydrogen (secondary N) is 1. The molecule has 2 aromatic carbocycles. The third-order valence-electron chi connectivity index (χ3n) is 3.86. The van der Waals surface area contributed by atoms with Crippen LogP contribution in [-0.2, 0) is 12.7 Å². The summed E-state index contributed by atoms with van der Waals surface area (Å²) in [5, 5.41) is 6.30. The molecule has 7 heteroatoms. The molecule has 1 heterocycles. The van der Waals surface area contributed by atoms with Gasteiger partial charge < -0.3 is 5.32 Å². The molecular weight excluding hydrogens is 343 g/mol. The van der Waals surface area contributed by atoms with Crippen LogP contribution < -0.4 is 5.32 Å². The monoisotopic (exact) mass is 359 g/mol. The smallest absolute Gasteiger partial charge is 0.348 e. The Kier molecular flexibility index (Phi) is 4.79. The van der Waals surface area contributed by atoms with Crippen LogP contribution in [0.25, 0.3) is 5.69 Å². The molecule has 0 saturated heterocycles. The van der Waals surface area contributed by atoms with E-state index in [9.17, 15) is 18.0 Å². The van der Waals surface area contributed by atoms with Gasteiger partial charge in [-0.2, -0.15) is 18.3 Å². The van der Waals surface area contributed by atoms with Gasteiger partial charge in [0.1, 0.15) is 0 Å². The summed E-state index contributed by atoms with van der Waals surface area (Å²) in [7, 11) is 0. The van der Waals surface area contributed by atoms with Gasteiger partial charge in [-0.1, -0.05) is 48.0 Å². The fourth-order valence-corrected chi connectivity index (χ4v) is 2.54. The first kappa shape index (κ1) is 17.7. The van der Waals surface area contributed by atoms with E-state index in [-0.39, 0.29) is 12.2 Å². The molecule has 26 heavy (non-hydrogen) atoms. The van der Waals surface area contributed by atoms with Crippen molar-refractivity contribution in [1.29, 1.82) is 0 Å². The average Bonchev–Trinajstić information content (AvgIpc) is 3.07. The predicted molar refractivity (Wildman–Crippen MR) is 90.9 cm³/mol. The van der Waals surface area contributed by atoms with Gasteiger partial charge in [0.2, 0.25) is 0 Å². The quantitative estimate of drug-likeness (QED) is 0.761. The second-order valence-electron chi connectivity index (χ2n) is 5.82. The van der Waals surface area contributed by atoms with Gasteiger partial charge in [0, 0.05) is 6.54 Å². The second kappa shape index (κ2) is 7.03. The molecule has 0 spiro atoms. The molecule has 0 aliphatic heterocycles. The van der Waals surface area contributed by atoms with Gasteiger partial charge in [0.15, 0.2) is 5.69 Å². The van der Waals surface area contributed by atoms with Crippen molar-refractivity contribution in [3.8, 4) is 5.69 Å². The standard InChI is InChI=1S/C19H16F3N3O/c1-13-7-9-15(10-8-13)25-17(19(20,21)22)16(12-24-25)18(26)23-11-14-5-3-2-4-6-14/h2-10,12H,11H2,1H3,(H,23,26). The summed E-state index contributed by atoms with van der Waals surface area (Å²) in [6, 6.07) is 15.4. The summed E-state index contributed by atoms with van der Waals surface area (Å²) in [6.07, 6.45) is -3.77. The highest BCUT2D eigenvalue weighted by Gasteiger charge is 2.40. The van der Waals surface area contributed by atoms with E-state index in [1.807, 2.05) is 13.0 Å². The molecule has 134 valence electrons. The van der Waals surface area contributed by atoms with Crippen molar-refractivity contribution in [2.24, 2.45) is 0 Å². The van der Waals surface area contributed by atoms with Gasteiger partial charge in [-0.15, -0.1) is 0 Å². The normalized spacial score (nSPS) is 11.4. The van der Waals surface area contributed by atoms with E-state index in [0.717, 1.165) is 22.0 Å². The van der Waals surface area contributed by atoms with Gasteiger partial charge in [-0.25, -0.2) is 4.68 Å². The maximum absolute atomic E-state index is 13.6. The lowest BCUT2D eigenvalue weighted by Crippen LogP contribution is -2.26. The number of hydrogen-bond donors (Lipinski definition) is 1. The molecular formula is C19H16F3N3O. The van der Waals surface area contributed by atoms with E-state index in [4.69, 9.17) is 0 Å². The molecule has 0 atom stereocenters. The molecule has 3 aromatic rings. The predicted octanol–water partition coefficient (Wildman–Crippen LogP) is 4.13. The van der Waals surface area contributed by atoms with Crippen molar-refractivity contribution in [2.75, 3.05) is 0 Å². The van der Waals surface area contributed by atoms with Crippen molar-refractivity contribution in [3.05, 3.63) is 83.2 Å². The van der Waals surface area contributed by atoms with Crippen LogP contribution in [0.3, 0.4) is 0 Å². The van der Waals surface area contributed by atoms with Crippen molar-refractivity contribution in [3.63, 3.8) is 0 Å². The summed E-state index contributed by atoms with van der Waals surface area (Å²) in [6.45, 7) is 1.96. The zero-order valence-electron chi connectivity index (χ0n) is 13.9. The van der Waals surface area contributed by atoms with Gasteiger partial charge in [-0.05, 0) is 24.6 Å². The minimum absolute atomic E-state index is 0.132. The zero-order valence-corrected chi connectivity index (χ0v) is 13.9. The number of alkyl halides is 3. The van der Waals surface area contributed by atoms with Crippen molar-refractivity contribution < 1.29 is 18.0 Å². The zero-order chi connectivity index (χ0) is 18.7. The number of rotatable bonds is 4. The number of halogens is 3. The summed E-state index contributed by atoms with van der Waals surface area (Å²) < 4.78 is 41.5. The molecule has 0 aliphatic rings. The van der Waals surface area contributed by atoms with Crippen LogP contribution in [0.2, 0.25) is 0 Å². The van der Waals surface area contributed by atoms with Crippen LogP contribution >= 0.6 is 0 Å². The minimum Gasteiger partial charge on any atom is -0.348 e. The third-order valence-corrected chi connectivity index (χ3v) is 3.86. The maximum atomic E-state index is 13.6. The number of aromatic nitrogens is 2. The highest BCUT2D eigenvalue weighted by atomic mass is 19.4. The Bertz CT molecular complexity index is 900. The van der Waals surface area contributed by atoms with E-state index in [0.29, 0.717) is 0 Å². The Morgan fingerprint density at radius 3 is 2.35 bits per heavy atom. The molecule has 0 saturated carbocycles. The van der Waals surface area contributed by atoms with Crippen LogP contribution in [0, 0.1) is 6.92 Å². The van der Waals surface area contributed by atoms with Gasteiger partial charge in [-0.3, -0.25) is 4.79 Å². The lowest BCUT2D eigenvalue weighted by Gasteiger charge is -2.13. The summed E-state index contributed by atoms with van der Waals surface area (Å²) in [4.78, 5) is 12.3. The van der Waals surface area contributed by atoms with Crippen LogP contribution in [0.5, 0.6) is 0 Å². The molecule has 0 bridgehead atoms. The molecule has 1 N–H and O–H groups in total. The molecule has 3 rings (SSSR count). The number of benzene rings is 2. The molecule has 4 nitrogen and oxygen atoms in total. The lowest BCUT2D eigenvalue weighted by atomic mass is 10.2. The van der Waals surface area contributed by atoms with E-state index >= 15 is 0 Å². The number of amides is 1. The first-order chi connectivity index (χ1) is 12.4. The second-order valence-corrected chi connectivity index (χ2v) is 5.82. The molecule has 0 radical (unpaired) electrons. The van der Waals surface area contributed by atoms with E-state index in [2.05, 4.69) is 10.4 Å². The van der Waals surface area contributed by atoms with Crippen LogP contribution in [0.15, 0.2) is 60.8 Å². The van der Waals surface area contributed by atoms with Crippen LogP contribution in [0.1, 0.15) is 27.2 Å². The van der Waals surface area contributed by atoms with Crippen molar-refractivity contribution >= 4 is 5.91 Å². The van der Waals surface area contributed by atoms with Gasteiger partial charge >= 0.3 is 6.18 Å². The maximum Gasteiger partial charge on any atom is 0.434 e. The number of nitrogens with zero attached hydrogens (tertiary/aromatic N) is 2. The third kappa shape index (κ3) is 3.77. The highest BCUT2D eigenvalue weighted by Crippen LogP contribution is 2.33. The molecule has 0 aliphatic carbocycles. The Labute approximate surface area is 148 Å². The van der Waals surface area contributed by atoms with E-state index in [1.54, 1.807) is 36.4 Å². The average molecular weight is 359 g/mol. The highest BCUT2D eigenvalue weighted by molar-refractivity contribution is 5.95. The Balaban J connectivity index is 1.92. The topological polar surface area (TPSA) is 46.9 Å². The lowest BCUT2D eigenvalue weighted by molar-refractivity contribution is -0.143. The fraction of sp³-hybridized carbons (Fsp3) is 0.158. The minimum atomic E-state index is -4.72. The summed E-state index contributed by atoms with van der Waals surface area (Å²) in [5.41, 5.74) is 0.349. The molecule has 0 unspecified atom stereocenters. The Morgan fingerprint density at radius 1 is 1.08 bits per heavy atom. The first-order valence-electron chi connectivity index (χ1n) is 7.90. The van der Waals surface area contributed by atoms with Crippen molar-refractivity contribution in [1.82, 2.24) is 15.1 Å². The Hall–Kier alpha value is -3.09. The summed E-state index contributed by atoms with van der Waals surface area (Å²) >= 11 is 0. The number of hydrogen-bond acceptors (Lipinski definition) is 2. The van der Waals surface area contributed by atoms with Gasteiger partial charge in [0.05, 0.1) is 17.4 Å². The Morgan fingerprint density at radius 2 is 1.73 bits per heavy atom. The fourth-order valence-electron chi connectivity index (χ4n) is 2.54. The largest absolute Gasteiger partial charge is 0.434 e. The van der Waals surface area contributed by atoms with E-state index < -0.39 is 23.3 Å². The van der Waals surface area contributed by atoms with Crippen molar-refractivity contribution in [2.45, 2.75) is 19.6 Å². The number of carbonyl (C=O) groups excluding carboxylic acids is 1. The SMILES string of the molecule is Cc1ccc(-n2ncc(C(=O)NCc3ccccc3)c2C(F)(F)F)cc1. The van der Waals surface area contributed by atoms with Crippen LogP contribution in [-0.4, -0.2) is 15.7 Å². The van der Waals surface area contributed by atoms with Crippen LogP contribution in [0.4, 0.5) is 13.2 Å². The number of carbonyl (C=O) groups is 1. The summed E-state index contributed by atoms with van der Waals surface area (Å²) in [5.74, 6) is -0.820. The van der Waals surface area contributed by atoms with E-state index in [1.165, 1.54) is 12.1 Å². The first-order valence-corrected chi connectivity index (χ1v) is 7.90. The molecule has 1 aromatic heterocycles. The molecule has 0 fully saturated rings.